The van der Waals surface area contributed by atoms with Crippen molar-refractivity contribution in [1.82, 2.24) is 10.3 Å². The third-order valence-corrected chi connectivity index (χ3v) is 3.87. The van der Waals surface area contributed by atoms with Gasteiger partial charge in [0.05, 0.1) is 12.1 Å². The van der Waals surface area contributed by atoms with Gasteiger partial charge in [-0.2, -0.15) is 0 Å². The molecule has 0 radical (unpaired) electrons. The topological polar surface area (TPSA) is 51.2 Å². The van der Waals surface area contributed by atoms with Gasteiger partial charge in [0.2, 0.25) is 5.88 Å². The molecule has 1 aromatic heterocycles. The van der Waals surface area contributed by atoms with Gasteiger partial charge in [-0.15, -0.1) is 0 Å². The van der Waals surface area contributed by atoms with Crippen molar-refractivity contribution in [2.45, 2.75) is 6.54 Å². The highest BCUT2D eigenvalue weighted by Crippen LogP contribution is 2.23. The maximum atomic E-state index is 12.0. The van der Waals surface area contributed by atoms with Gasteiger partial charge in [-0.05, 0) is 39.7 Å². The van der Waals surface area contributed by atoms with Crippen molar-refractivity contribution in [2.24, 2.45) is 0 Å². The monoisotopic (exact) mass is 354 g/mol. The van der Waals surface area contributed by atoms with E-state index in [1.54, 1.807) is 37.6 Å². The van der Waals surface area contributed by atoms with Gasteiger partial charge in [-0.1, -0.05) is 17.7 Å². The van der Waals surface area contributed by atoms with Crippen LogP contribution in [0.5, 0.6) is 5.88 Å². The molecule has 0 aliphatic heterocycles. The molecule has 0 saturated heterocycles. The van der Waals surface area contributed by atoms with Crippen molar-refractivity contribution < 1.29 is 9.53 Å². The van der Waals surface area contributed by atoms with Crippen molar-refractivity contribution in [3.63, 3.8) is 0 Å². The third-order valence-electron chi connectivity index (χ3n) is 2.64. The molecule has 0 unspecified atom stereocenters. The van der Waals surface area contributed by atoms with Crippen LogP contribution in [0.4, 0.5) is 0 Å². The molecule has 0 fully saturated rings. The average molecular weight is 356 g/mol. The van der Waals surface area contributed by atoms with Crippen molar-refractivity contribution in [3.05, 3.63) is 57.2 Å². The fourth-order valence-corrected chi connectivity index (χ4v) is 1.99. The number of ether oxygens (including phenoxy) is 1. The van der Waals surface area contributed by atoms with E-state index in [4.69, 9.17) is 16.3 Å². The summed E-state index contributed by atoms with van der Waals surface area (Å²) in [5.74, 6) is 0.356. The molecule has 1 aromatic carbocycles. The highest BCUT2D eigenvalue weighted by molar-refractivity contribution is 9.10. The van der Waals surface area contributed by atoms with Gasteiger partial charge in [0.25, 0.3) is 5.91 Å². The lowest BCUT2D eigenvalue weighted by molar-refractivity contribution is 0.0951. The molecule has 1 heterocycles. The first-order valence-electron chi connectivity index (χ1n) is 5.82. The number of rotatable bonds is 4. The van der Waals surface area contributed by atoms with Crippen LogP contribution in [0.1, 0.15) is 15.9 Å². The van der Waals surface area contributed by atoms with Gasteiger partial charge in [0.1, 0.15) is 0 Å². The summed E-state index contributed by atoms with van der Waals surface area (Å²) in [7, 11) is 1.56. The number of pyridine rings is 1. The lowest BCUT2D eigenvalue weighted by atomic mass is 10.2. The van der Waals surface area contributed by atoms with Crippen LogP contribution in [-0.2, 0) is 6.54 Å². The predicted octanol–water partition coefficient (Wildman–Crippen LogP) is 3.44. The number of amides is 1. The van der Waals surface area contributed by atoms with E-state index in [1.807, 2.05) is 6.07 Å². The zero-order valence-electron chi connectivity index (χ0n) is 10.7. The largest absolute Gasteiger partial charge is 0.481 e. The fourth-order valence-electron chi connectivity index (χ4n) is 1.56. The van der Waals surface area contributed by atoms with E-state index in [-0.39, 0.29) is 5.91 Å². The Morgan fingerprint density at radius 2 is 2.20 bits per heavy atom. The van der Waals surface area contributed by atoms with Crippen molar-refractivity contribution in [2.75, 3.05) is 7.11 Å². The summed E-state index contributed by atoms with van der Waals surface area (Å²) in [6.07, 6.45) is 1.66. The van der Waals surface area contributed by atoms with Crippen LogP contribution in [0, 0.1) is 0 Å². The molecule has 0 spiro atoms. The predicted molar refractivity (Wildman–Crippen MR) is 81.1 cm³/mol. The van der Waals surface area contributed by atoms with Crippen LogP contribution >= 0.6 is 27.5 Å². The van der Waals surface area contributed by atoms with Crippen molar-refractivity contribution in [1.29, 1.82) is 0 Å². The Morgan fingerprint density at radius 3 is 2.80 bits per heavy atom. The zero-order chi connectivity index (χ0) is 14.5. The fraction of sp³-hybridized carbons (Fsp3) is 0.143. The molecule has 104 valence electrons. The second-order valence-corrected chi connectivity index (χ2v) is 5.28. The van der Waals surface area contributed by atoms with E-state index < -0.39 is 0 Å². The second-order valence-electron chi connectivity index (χ2n) is 4.02. The minimum Gasteiger partial charge on any atom is -0.481 e. The molecule has 20 heavy (non-hydrogen) atoms. The summed E-state index contributed by atoms with van der Waals surface area (Å²) < 4.78 is 5.73. The van der Waals surface area contributed by atoms with Crippen molar-refractivity contribution >= 4 is 33.4 Å². The first-order chi connectivity index (χ1) is 9.60. The van der Waals surface area contributed by atoms with E-state index >= 15 is 0 Å². The first-order valence-corrected chi connectivity index (χ1v) is 6.99. The number of nitrogens with zero attached hydrogens (tertiary/aromatic N) is 1. The van der Waals surface area contributed by atoms with Crippen molar-refractivity contribution in [3.8, 4) is 5.88 Å². The number of methoxy groups -OCH3 is 1. The maximum Gasteiger partial charge on any atom is 0.251 e. The molecule has 1 N–H and O–H groups in total. The number of halogens is 2. The van der Waals surface area contributed by atoms with Crippen LogP contribution in [0.25, 0.3) is 0 Å². The van der Waals surface area contributed by atoms with Crippen LogP contribution < -0.4 is 10.1 Å². The van der Waals surface area contributed by atoms with Crippen LogP contribution in [-0.4, -0.2) is 18.0 Å². The number of carbonyl (C=O) groups excluding carboxylic acids is 1. The number of hydrogen-bond donors (Lipinski definition) is 1. The smallest absolute Gasteiger partial charge is 0.251 e. The molecule has 0 aliphatic carbocycles. The summed E-state index contributed by atoms with van der Waals surface area (Å²) in [4.78, 5) is 16.0. The summed E-state index contributed by atoms with van der Waals surface area (Å²) in [6.45, 7) is 0.392. The van der Waals surface area contributed by atoms with Gasteiger partial charge in [-0.25, -0.2) is 4.98 Å². The molecule has 0 bridgehead atoms. The Morgan fingerprint density at radius 1 is 1.40 bits per heavy atom. The van der Waals surface area contributed by atoms with E-state index in [1.165, 1.54) is 0 Å². The molecule has 2 aromatic rings. The third kappa shape index (κ3) is 3.71. The van der Waals surface area contributed by atoms with Crippen LogP contribution in [0.2, 0.25) is 5.02 Å². The van der Waals surface area contributed by atoms with Gasteiger partial charge < -0.3 is 10.1 Å². The van der Waals surface area contributed by atoms with E-state index in [0.29, 0.717) is 23.0 Å². The Labute approximate surface area is 130 Å². The minimum atomic E-state index is -0.185. The lowest BCUT2D eigenvalue weighted by Gasteiger charge is -2.06. The SMILES string of the molecule is COc1ccc(CNC(=O)c2ccc(Br)c(Cl)c2)cn1. The van der Waals surface area contributed by atoms with Gasteiger partial charge in [-0.3, -0.25) is 4.79 Å². The maximum absolute atomic E-state index is 12.0. The quantitative estimate of drug-likeness (QED) is 0.914. The highest BCUT2D eigenvalue weighted by Gasteiger charge is 2.07. The second kappa shape index (κ2) is 6.72. The van der Waals surface area contributed by atoms with E-state index in [2.05, 4.69) is 26.2 Å². The first kappa shape index (κ1) is 14.8. The number of carbonyl (C=O) groups is 1. The highest BCUT2D eigenvalue weighted by atomic mass is 79.9. The van der Waals surface area contributed by atoms with E-state index in [9.17, 15) is 4.79 Å². The standard InChI is InChI=1S/C14H12BrClN2O2/c1-20-13-5-2-9(7-17-13)8-18-14(19)10-3-4-11(15)12(16)6-10/h2-7H,8H2,1H3,(H,18,19). The molecule has 0 atom stereocenters. The Bertz CT molecular complexity index is 617. The molecule has 0 saturated carbocycles. The Hall–Kier alpha value is -1.59. The molecular formula is C14H12BrClN2O2. The Kier molecular flexibility index (Phi) is 4.98. The summed E-state index contributed by atoms with van der Waals surface area (Å²) >= 11 is 9.24. The number of benzene rings is 1. The molecule has 1 amide bonds. The number of nitrogens with one attached hydrogen (secondary N) is 1. The molecule has 2 rings (SSSR count). The van der Waals surface area contributed by atoms with Crippen LogP contribution in [0.3, 0.4) is 0 Å². The van der Waals surface area contributed by atoms with Gasteiger partial charge in [0, 0.05) is 28.8 Å². The van der Waals surface area contributed by atoms with Crippen LogP contribution in [0.15, 0.2) is 41.0 Å². The average Bonchev–Trinajstić information content (AvgIpc) is 2.48. The lowest BCUT2D eigenvalue weighted by Crippen LogP contribution is -2.22. The molecule has 6 heteroatoms. The molecule has 4 nitrogen and oxygen atoms in total. The van der Waals surface area contributed by atoms with Gasteiger partial charge in [0.15, 0.2) is 0 Å². The minimum absolute atomic E-state index is 0.185. The molecule has 0 aliphatic rings. The summed E-state index contributed by atoms with van der Waals surface area (Å²) in [5.41, 5.74) is 1.40. The Balaban J connectivity index is 1.98. The molecular weight excluding hydrogens is 344 g/mol. The summed E-state index contributed by atoms with van der Waals surface area (Å²) in [6, 6.07) is 8.66. The number of hydrogen-bond acceptors (Lipinski definition) is 3. The van der Waals surface area contributed by atoms with Gasteiger partial charge >= 0.3 is 0 Å². The van der Waals surface area contributed by atoms with E-state index in [0.717, 1.165) is 10.0 Å². The normalized spacial score (nSPS) is 10.2. The number of aromatic nitrogens is 1. The summed E-state index contributed by atoms with van der Waals surface area (Å²) in [5, 5.41) is 3.31. The zero-order valence-corrected chi connectivity index (χ0v) is 13.0.